The van der Waals surface area contributed by atoms with E-state index < -0.39 is 5.97 Å². The van der Waals surface area contributed by atoms with Crippen molar-refractivity contribution in [1.82, 2.24) is 0 Å². The van der Waals surface area contributed by atoms with Gasteiger partial charge < -0.3 is 15.2 Å². The maximum atomic E-state index is 12.2. The predicted molar refractivity (Wildman–Crippen MR) is 95.6 cm³/mol. The minimum Gasteiger partial charge on any atom is -0.512 e. The Kier molecular flexibility index (Phi) is 6.14. The first kappa shape index (κ1) is 17.3. The van der Waals surface area contributed by atoms with Gasteiger partial charge in [-0.05, 0) is 38.1 Å². The molecule has 0 aliphatic carbocycles. The lowest BCUT2D eigenvalue weighted by Gasteiger charge is -2.14. The van der Waals surface area contributed by atoms with E-state index in [2.05, 4.69) is 10.3 Å². The number of hydrogen-bond donors (Lipinski definition) is 2. The Morgan fingerprint density at radius 2 is 1.67 bits per heavy atom. The highest BCUT2D eigenvalue weighted by Crippen LogP contribution is 2.17. The number of hydrogen-bond acceptors (Lipinski definition) is 4. The van der Waals surface area contributed by atoms with Gasteiger partial charge in [-0.1, -0.05) is 36.4 Å². The van der Waals surface area contributed by atoms with Crippen molar-refractivity contribution < 1.29 is 14.6 Å². The fourth-order valence-corrected chi connectivity index (χ4v) is 2.06. The fraction of sp³-hybridized carbons (Fsp3) is 0.158. The van der Waals surface area contributed by atoms with Crippen LogP contribution in [0.1, 0.15) is 13.8 Å². The van der Waals surface area contributed by atoms with E-state index in [9.17, 15) is 9.90 Å². The zero-order valence-electron chi connectivity index (χ0n) is 13.7. The van der Waals surface area contributed by atoms with Gasteiger partial charge in [-0.25, -0.2) is 9.79 Å². The molecule has 0 aromatic heterocycles. The third-order valence-electron chi connectivity index (χ3n) is 3.11. The zero-order valence-corrected chi connectivity index (χ0v) is 13.7. The zero-order chi connectivity index (χ0) is 17.4. The number of carbonyl (C=O) groups is 1. The molecule has 0 unspecified atom stereocenters. The maximum Gasteiger partial charge on any atom is 0.345 e. The number of aliphatic imine (C=N–C) groups is 1. The largest absolute Gasteiger partial charge is 0.512 e. The van der Waals surface area contributed by atoms with Gasteiger partial charge in [-0.2, -0.15) is 0 Å². The van der Waals surface area contributed by atoms with Crippen LogP contribution in [-0.2, 0) is 9.53 Å². The molecule has 5 heteroatoms. The van der Waals surface area contributed by atoms with Crippen LogP contribution in [0.5, 0.6) is 0 Å². The van der Waals surface area contributed by atoms with Crippen molar-refractivity contribution in [3.05, 3.63) is 72.0 Å². The molecular weight excluding hydrogens is 304 g/mol. The van der Waals surface area contributed by atoms with Crippen LogP contribution in [0, 0.1) is 0 Å². The summed E-state index contributed by atoms with van der Waals surface area (Å²) in [4.78, 5) is 16.7. The summed E-state index contributed by atoms with van der Waals surface area (Å²) in [5, 5.41) is 13.1. The van der Waals surface area contributed by atoms with Crippen LogP contribution in [0.4, 0.5) is 11.4 Å². The highest BCUT2D eigenvalue weighted by Gasteiger charge is 2.21. The van der Waals surface area contributed by atoms with Gasteiger partial charge in [-0.3, -0.25) is 0 Å². The molecule has 0 radical (unpaired) electrons. The van der Waals surface area contributed by atoms with E-state index in [-0.39, 0.29) is 23.8 Å². The average Bonchev–Trinajstić information content (AvgIpc) is 2.56. The number of esters is 1. The van der Waals surface area contributed by atoms with Crippen LogP contribution in [0.25, 0.3) is 0 Å². The van der Waals surface area contributed by atoms with Crippen LogP contribution in [-0.4, -0.2) is 23.5 Å². The highest BCUT2D eigenvalue weighted by molar-refractivity contribution is 6.24. The lowest BCUT2D eigenvalue weighted by atomic mass is 10.2. The molecular formula is C19H20N2O3. The molecule has 0 spiro atoms. The maximum absolute atomic E-state index is 12.2. The summed E-state index contributed by atoms with van der Waals surface area (Å²) in [7, 11) is 0. The summed E-state index contributed by atoms with van der Waals surface area (Å²) < 4.78 is 5.04. The van der Waals surface area contributed by atoms with E-state index >= 15 is 0 Å². The molecule has 0 amide bonds. The molecule has 2 rings (SSSR count). The van der Waals surface area contributed by atoms with Crippen molar-refractivity contribution in [3.63, 3.8) is 0 Å². The van der Waals surface area contributed by atoms with Gasteiger partial charge in [0, 0.05) is 5.69 Å². The first-order valence-corrected chi connectivity index (χ1v) is 7.65. The van der Waals surface area contributed by atoms with Crippen molar-refractivity contribution >= 4 is 23.2 Å². The Balaban J connectivity index is 2.47. The second kappa shape index (κ2) is 8.53. The number of para-hydroxylation sites is 2. The summed E-state index contributed by atoms with van der Waals surface area (Å²) in [6, 6.07) is 18.5. The third kappa shape index (κ3) is 4.71. The number of aliphatic hydroxyl groups is 1. The molecule has 0 aliphatic heterocycles. The Morgan fingerprint density at radius 1 is 1.08 bits per heavy atom. The van der Waals surface area contributed by atoms with Crippen LogP contribution < -0.4 is 5.32 Å². The van der Waals surface area contributed by atoms with Gasteiger partial charge in [0.15, 0.2) is 0 Å². The monoisotopic (exact) mass is 324 g/mol. The van der Waals surface area contributed by atoms with Crippen LogP contribution in [0.3, 0.4) is 0 Å². The summed E-state index contributed by atoms with van der Waals surface area (Å²) in [6.07, 6.45) is 0. The molecule has 0 heterocycles. The van der Waals surface area contributed by atoms with Gasteiger partial charge in [-0.15, -0.1) is 0 Å². The quantitative estimate of drug-likeness (QED) is 0.284. The smallest absolute Gasteiger partial charge is 0.345 e. The highest BCUT2D eigenvalue weighted by atomic mass is 16.5. The SMILES string of the molecule is CCOC(=O)/C(C(=Nc1ccccc1)Nc1ccccc1)=C(\C)O. The van der Waals surface area contributed by atoms with Crippen molar-refractivity contribution in [2.24, 2.45) is 4.99 Å². The van der Waals surface area contributed by atoms with Gasteiger partial charge in [0.1, 0.15) is 17.2 Å². The first-order chi connectivity index (χ1) is 11.6. The van der Waals surface area contributed by atoms with Crippen molar-refractivity contribution in [2.75, 3.05) is 11.9 Å². The van der Waals surface area contributed by atoms with Gasteiger partial charge in [0.05, 0.1) is 12.3 Å². The summed E-state index contributed by atoms with van der Waals surface area (Å²) >= 11 is 0. The lowest BCUT2D eigenvalue weighted by molar-refractivity contribution is -0.138. The molecule has 0 aliphatic rings. The molecule has 0 saturated carbocycles. The molecule has 2 aromatic rings. The molecule has 5 nitrogen and oxygen atoms in total. The second-order valence-electron chi connectivity index (χ2n) is 4.97. The van der Waals surface area contributed by atoms with E-state index in [0.717, 1.165) is 5.69 Å². The Morgan fingerprint density at radius 3 is 2.21 bits per heavy atom. The average molecular weight is 324 g/mol. The number of aliphatic hydroxyl groups excluding tert-OH is 1. The minimum atomic E-state index is -0.629. The van der Waals surface area contributed by atoms with Crippen LogP contribution in [0.2, 0.25) is 0 Å². The van der Waals surface area contributed by atoms with Crippen LogP contribution >= 0.6 is 0 Å². The number of ether oxygens (including phenoxy) is 1. The minimum absolute atomic E-state index is 0.00422. The second-order valence-corrected chi connectivity index (χ2v) is 4.97. The number of benzene rings is 2. The first-order valence-electron chi connectivity index (χ1n) is 7.65. The Labute approximate surface area is 141 Å². The van der Waals surface area contributed by atoms with E-state index in [1.165, 1.54) is 6.92 Å². The summed E-state index contributed by atoms with van der Waals surface area (Å²) in [5.74, 6) is -0.562. The summed E-state index contributed by atoms with van der Waals surface area (Å²) in [5.41, 5.74) is 1.40. The topological polar surface area (TPSA) is 70.9 Å². The number of amidine groups is 1. The number of carbonyl (C=O) groups excluding carboxylic acids is 1. The predicted octanol–water partition coefficient (Wildman–Crippen LogP) is 4.22. The molecule has 0 fully saturated rings. The summed E-state index contributed by atoms with van der Waals surface area (Å²) in [6.45, 7) is 3.35. The number of anilines is 1. The normalized spacial score (nSPS) is 12.3. The molecule has 24 heavy (non-hydrogen) atoms. The number of nitrogens with zero attached hydrogens (tertiary/aromatic N) is 1. The standard InChI is InChI=1S/C19H20N2O3/c1-3-24-19(23)17(14(2)22)18(20-15-10-6-4-7-11-15)21-16-12-8-5-9-13-16/h4-13,22H,3H2,1-2H3,(H,20,21)/b17-14+. The van der Waals surface area contributed by atoms with Gasteiger partial charge in [0.25, 0.3) is 0 Å². The number of nitrogens with one attached hydrogen (secondary N) is 1. The molecule has 2 aromatic carbocycles. The van der Waals surface area contributed by atoms with Crippen molar-refractivity contribution in [3.8, 4) is 0 Å². The van der Waals surface area contributed by atoms with E-state index in [1.54, 1.807) is 6.92 Å². The molecule has 2 N–H and O–H groups in total. The molecule has 0 atom stereocenters. The molecule has 124 valence electrons. The lowest BCUT2D eigenvalue weighted by Crippen LogP contribution is -2.24. The van der Waals surface area contributed by atoms with E-state index in [0.29, 0.717) is 5.69 Å². The molecule has 0 saturated heterocycles. The van der Waals surface area contributed by atoms with Gasteiger partial charge in [0.2, 0.25) is 0 Å². The Bertz CT molecular complexity index is 734. The number of rotatable bonds is 5. The molecule has 0 bridgehead atoms. The van der Waals surface area contributed by atoms with E-state index in [1.807, 2.05) is 60.7 Å². The third-order valence-corrected chi connectivity index (χ3v) is 3.11. The fourth-order valence-electron chi connectivity index (χ4n) is 2.06. The van der Waals surface area contributed by atoms with Crippen LogP contribution in [0.15, 0.2) is 77.0 Å². The van der Waals surface area contributed by atoms with Crippen molar-refractivity contribution in [2.45, 2.75) is 13.8 Å². The van der Waals surface area contributed by atoms with Gasteiger partial charge >= 0.3 is 5.97 Å². The number of allylic oxidation sites excluding steroid dienone is 1. The Hall–Kier alpha value is -3.08. The van der Waals surface area contributed by atoms with E-state index in [4.69, 9.17) is 4.74 Å². The van der Waals surface area contributed by atoms with Crippen molar-refractivity contribution in [1.29, 1.82) is 0 Å².